The first-order valence-corrected chi connectivity index (χ1v) is 5.06. The lowest BCUT2D eigenvalue weighted by molar-refractivity contribution is -0.147. The van der Waals surface area contributed by atoms with Gasteiger partial charge in [0.05, 0.1) is 19.0 Å². The lowest BCUT2D eigenvalue weighted by Crippen LogP contribution is -2.50. The van der Waals surface area contributed by atoms with Crippen molar-refractivity contribution in [2.24, 2.45) is 0 Å². The summed E-state index contributed by atoms with van der Waals surface area (Å²) in [6.45, 7) is 4.01. The molecule has 0 amide bonds. The number of hydrogen-bond donors (Lipinski definition) is 0. The Morgan fingerprint density at radius 3 is 2.36 bits per heavy atom. The van der Waals surface area contributed by atoms with E-state index in [1.165, 1.54) is 0 Å². The summed E-state index contributed by atoms with van der Waals surface area (Å²) in [6, 6.07) is 0. The Morgan fingerprint density at radius 1 is 1.55 bits per heavy atom. The highest BCUT2D eigenvalue weighted by Gasteiger charge is 2.38. The zero-order valence-corrected chi connectivity index (χ0v) is 7.48. The smallest absolute Gasteiger partial charge is 0.267 e. The second-order valence-electron chi connectivity index (χ2n) is 2.87. The average Bonchev–Trinajstić information content (AvgIpc) is 1.84. The number of rotatable bonds is 3. The van der Waals surface area contributed by atoms with Gasteiger partial charge in [-0.15, -0.1) is 0 Å². The molecule has 1 rings (SSSR count). The van der Waals surface area contributed by atoms with Crippen molar-refractivity contribution in [3.8, 4) is 0 Å². The molecule has 0 bridgehead atoms. The molecule has 0 atom stereocenters. The van der Waals surface area contributed by atoms with E-state index in [-0.39, 0.29) is 5.75 Å². The highest BCUT2D eigenvalue weighted by atomic mass is 32.2. The first kappa shape index (κ1) is 8.96. The van der Waals surface area contributed by atoms with E-state index in [1.807, 2.05) is 0 Å². The van der Waals surface area contributed by atoms with Gasteiger partial charge in [0, 0.05) is 0 Å². The molecule has 1 aliphatic heterocycles. The van der Waals surface area contributed by atoms with Crippen molar-refractivity contribution in [2.75, 3.05) is 19.0 Å². The third-order valence-corrected chi connectivity index (χ3v) is 2.86. The highest BCUT2D eigenvalue weighted by Crippen LogP contribution is 2.23. The highest BCUT2D eigenvalue weighted by molar-refractivity contribution is 7.86. The standard InChI is InChI=1S/C6H12O4S/c1-3-11(7,8)10-6(2)4-9-5-6/h3-5H2,1-2H3. The van der Waals surface area contributed by atoms with Gasteiger partial charge in [-0.1, -0.05) is 0 Å². The van der Waals surface area contributed by atoms with Crippen LogP contribution < -0.4 is 0 Å². The lowest BCUT2D eigenvalue weighted by Gasteiger charge is -2.36. The summed E-state index contributed by atoms with van der Waals surface area (Å²) < 4.78 is 31.6. The third-order valence-electron chi connectivity index (χ3n) is 1.50. The fraction of sp³-hybridized carbons (Fsp3) is 1.00. The van der Waals surface area contributed by atoms with Gasteiger partial charge in [-0.3, -0.25) is 4.18 Å². The molecule has 66 valence electrons. The predicted molar refractivity (Wildman–Crippen MR) is 39.8 cm³/mol. The van der Waals surface area contributed by atoms with Crippen LogP contribution >= 0.6 is 0 Å². The maximum Gasteiger partial charge on any atom is 0.267 e. The summed E-state index contributed by atoms with van der Waals surface area (Å²) in [4.78, 5) is 0. The van der Waals surface area contributed by atoms with Gasteiger partial charge in [0.2, 0.25) is 0 Å². The van der Waals surface area contributed by atoms with Crippen molar-refractivity contribution in [1.29, 1.82) is 0 Å². The van der Waals surface area contributed by atoms with Crippen LogP contribution in [-0.2, 0) is 19.0 Å². The molecule has 1 heterocycles. The van der Waals surface area contributed by atoms with Crippen LogP contribution in [0.15, 0.2) is 0 Å². The minimum Gasteiger partial charge on any atom is -0.375 e. The van der Waals surface area contributed by atoms with Crippen molar-refractivity contribution in [3.63, 3.8) is 0 Å². The van der Waals surface area contributed by atoms with Gasteiger partial charge in [0.25, 0.3) is 10.1 Å². The van der Waals surface area contributed by atoms with Crippen LogP contribution in [0.3, 0.4) is 0 Å². The molecule has 1 fully saturated rings. The number of hydrogen-bond acceptors (Lipinski definition) is 4. The van der Waals surface area contributed by atoms with Crippen LogP contribution in [0.2, 0.25) is 0 Å². The van der Waals surface area contributed by atoms with Crippen LogP contribution in [0, 0.1) is 0 Å². The first-order valence-electron chi connectivity index (χ1n) is 3.48. The van der Waals surface area contributed by atoms with E-state index >= 15 is 0 Å². The maximum absolute atomic E-state index is 10.9. The Bertz CT molecular complexity index is 227. The van der Waals surface area contributed by atoms with E-state index in [9.17, 15) is 8.42 Å². The van der Waals surface area contributed by atoms with Crippen molar-refractivity contribution >= 4 is 10.1 Å². The van der Waals surface area contributed by atoms with Crippen LogP contribution in [-0.4, -0.2) is 33.0 Å². The Labute approximate surface area is 66.6 Å². The molecule has 0 N–H and O–H groups in total. The van der Waals surface area contributed by atoms with Crippen LogP contribution in [0.1, 0.15) is 13.8 Å². The van der Waals surface area contributed by atoms with E-state index in [2.05, 4.69) is 0 Å². The second-order valence-corrected chi connectivity index (χ2v) is 4.73. The van der Waals surface area contributed by atoms with Gasteiger partial charge in [-0.25, -0.2) is 0 Å². The van der Waals surface area contributed by atoms with E-state index in [4.69, 9.17) is 8.92 Å². The van der Waals surface area contributed by atoms with Crippen LogP contribution in [0.25, 0.3) is 0 Å². The molecular weight excluding hydrogens is 168 g/mol. The van der Waals surface area contributed by atoms with Crippen molar-refractivity contribution in [2.45, 2.75) is 19.4 Å². The minimum atomic E-state index is -3.32. The molecule has 5 heteroatoms. The van der Waals surface area contributed by atoms with Crippen molar-refractivity contribution < 1.29 is 17.3 Å². The minimum absolute atomic E-state index is 0.0165. The van der Waals surface area contributed by atoms with E-state index in [0.717, 1.165) is 0 Å². The van der Waals surface area contributed by atoms with Crippen molar-refractivity contribution in [1.82, 2.24) is 0 Å². The van der Waals surface area contributed by atoms with E-state index < -0.39 is 15.7 Å². The Balaban J connectivity index is 2.54. The molecule has 0 aromatic heterocycles. The predicted octanol–water partition coefficient (Wildman–Crippen LogP) is 0.142. The molecule has 0 unspecified atom stereocenters. The average molecular weight is 180 g/mol. The summed E-state index contributed by atoms with van der Waals surface area (Å²) in [5.41, 5.74) is -0.602. The van der Waals surface area contributed by atoms with Crippen LogP contribution in [0.4, 0.5) is 0 Å². The van der Waals surface area contributed by atoms with Gasteiger partial charge in [-0.2, -0.15) is 8.42 Å². The summed E-state index contributed by atoms with van der Waals surface area (Å²) in [5, 5.41) is 0. The molecule has 0 aliphatic carbocycles. The normalized spacial score (nSPS) is 22.7. The monoisotopic (exact) mass is 180 g/mol. The van der Waals surface area contributed by atoms with Gasteiger partial charge in [0.1, 0.15) is 5.60 Å². The SMILES string of the molecule is CCS(=O)(=O)OC1(C)COC1. The first-order chi connectivity index (χ1) is 4.97. The fourth-order valence-corrected chi connectivity index (χ4v) is 1.63. The molecule has 0 aromatic carbocycles. The molecule has 1 saturated heterocycles. The molecule has 0 radical (unpaired) electrons. The molecule has 11 heavy (non-hydrogen) atoms. The maximum atomic E-state index is 10.9. The largest absolute Gasteiger partial charge is 0.375 e. The van der Waals surface area contributed by atoms with Crippen molar-refractivity contribution in [3.05, 3.63) is 0 Å². The fourth-order valence-electron chi connectivity index (χ4n) is 0.803. The molecule has 0 aromatic rings. The third kappa shape index (κ3) is 2.15. The topological polar surface area (TPSA) is 52.6 Å². The van der Waals surface area contributed by atoms with Gasteiger partial charge in [-0.05, 0) is 13.8 Å². The molecular formula is C6H12O4S. The Morgan fingerprint density at radius 2 is 2.09 bits per heavy atom. The Hall–Kier alpha value is -0.130. The molecule has 1 aliphatic rings. The summed E-state index contributed by atoms with van der Waals surface area (Å²) >= 11 is 0. The quantitative estimate of drug-likeness (QED) is 0.580. The van der Waals surface area contributed by atoms with Crippen LogP contribution in [0.5, 0.6) is 0 Å². The lowest BCUT2D eigenvalue weighted by atomic mass is 10.1. The van der Waals surface area contributed by atoms with Gasteiger partial charge in [0.15, 0.2) is 0 Å². The summed E-state index contributed by atoms with van der Waals surface area (Å²) in [5.74, 6) is 0.0165. The molecule has 4 nitrogen and oxygen atoms in total. The van der Waals surface area contributed by atoms with E-state index in [0.29, 0.717) is 13.2 Å². The second kappa shape index (κ2) is 2.73. The Kier molecular flexibility index (Phi) is 2.22. The zero-order chi connectivity index (χ0) is 8.54. The van der Waals surface area contributed by atoms with E-state index in [1.54, 1.807) is 13.8 Å². The zero-order valence-electron chi connectivity index (χ0n) is 6.66. The van der Waals surface area contributed by atoms with Gasteiger partial charge < -0.3 is 4.74 Å². The summed E-state index contributed by atoms with van der Waals surface area (Å²) in [7, 11) is -3.32. The number of ether oxygens (including phenoxy) is 1. The molecule has 0 saturated carbocycles. The van der Waals surface area contributed by atoms with Gasteiger partial charge >= 0.3 is 0 Å². The summed E-state index contributed by atoms with van der Waals surface area (Å²) in [6.07, 6.45) is 0. The molecule has 0 spiro atoms.